The quantitative estimate of drug-likeness (QED) is 0.545. The molecule has 0 aromatic carbocycles. The van der Waals surface area contributed by atoms with Crippen LogP contribution in [0.2, 0.25) is 0 Å². The Labute approximate surface area is 82.8 Å². The van der Waals surface area contributed by atoms with Crippen molar-refractivity contribution in [2.75, 3.05) is 11.5 Å². The average molecular weight is 372 g/mol. The first kappa shape index (κ1) is 9.90. The fourth-order valence-corrected chi connectivity index (χ4v) is 1.87. The minimum Gasteiger partial charge on any atom is -0.0852 e. The molecule has 0 aliphatic rings. The molecule has 48 valence electrons. The largest absolute Gasteiger partial charge is 0.0852 e. The second kappa shape index (κ2) is 8.90. The van der Waals surface area contributed by atoms with Crippen molar-refractivity contribution < 1.29 is 0 Å². The van der Waals surface area contributed by atoms with E-state index in [9.17, 15) is 0 Å². The molecule has 0 aliphatic carbocycles. The first-order chi connectivity index (χ1) is 3.91. The van der Waals surface area contributed by atoms with Gasteiger partial charge in [0.25, 0.3) is 0 Å². The van der Waals surface area contributed by atoms with E-state index in [0.29, 0.717) is 0 Å². The van der Waals surface area contributed by atoms with Crippen molar-refractivity contribution in [2.45, 2.75) is 0 Å². The van der Waals surface area contributed by atoms with Gasteiger partial charge in [-0.2, -0.15) is 0 Å². The van der Waals surface area contributed by atoms with Crippen molar-refractivity contribution in [1.82, 2.24) is 0 Å². The van der Waals surface area contributed by atoms with E-state index in [0.717, 1.165) is 11.5 Å². The molecule has 0 nitrogen and oxygen atoms in total. The molecule has 0 fully saturated rings. The molecule has 0 rings (SSSR count). The Bertz CT molecular complexity index is 57.1. The van der Waals surface area contributed by atoms with E-state index in [2.05, 4.69) is 54.6 Å². The van der Waals surface area contributed by atoms with Gasteiger partial charge in [-0.1, -0.05) is 30.0 Å². The second-order valence-corrected chi connectivity index (χ2v) is 5.86. The fraction of sp³-hybridized carbons (Fsp3) is 0.500. The normalized spacial score (nSPS) is 10.8. The van der Waals surface area contributed by atoms with Crippen molar-refractivity contribution in [3.63, 3.8) is 0 Å². The van der Waals surface area contributed by atoms with Gasteiger partial charge in [0.2, 0.25) is 0 Å². The predicted molar refractivity (Wildman–Crippen MR) is 62.1 cm³/mol. The van der Waals surface area contributed by atoms with E-state index in [1.165, 1.54) is 0 Å². The third kappa shape index (κ3) is 7.90. The molecule has 0 aliphatic heterocycles. The van der Waals surface area contributed by atoms with Gasteiger partial charge in [-0.05, 0) is 42.4 Å². The lowest BCUT2D eigenvalue weighted by atomic mass is 10.6. The molecule has 4 heteroatoms. The summed E-state index contributed by atoms with van der Waals surface area (Å²) in [5.41, 5.74) is 0. The number of rotatable bonds is 4. The lowest BCUT2D eigenvalue weighted by molar-refractivity contribution is 1.69. The van der Waals surface area contributed by atoms with Gasteiger partial charge in [-0.3, -0.25) is 0 Å². The highest BCUT2D eigenvalue weighted by Crippen LogP contribution is 2.12. The molecule has 0 aromatic rings. The van der Waals surface area contributed by atoms with Crippen LogP contribution < -0.4 is 0 Å². The van der Waals surface area contributed by atoms with Crippen LogP contribution in [0, 0.1) is 0 Å². The summed E-state index contributed by atoms with van der Waals surface area (Å²) in [6.45, 7) is 0. The minimum atomic E-state index is 1.14. The molecule has 0 aromatic heterocycles. The topological polar surface area (TPSA) is 0 Å². The number of hydrogen-bond acceptors (Lipinski definition) is 2. The zero-order valence-electron chi connectivity index (χ0n) is 4.14. The van der Waals surface area contributed by atoms with Gasteiger partial charge in [-0.25, -0.2) is 0 Å². The Kier molecular flexibility index (Phi) is 11.0. The molecular formula is C4H6I2S2. The lowest BCUT2D eigenvalue weighted by Gasteiger charge is -1.81. The van der Waals surface area contributed by atoms with Crippen molar-refractivity contribution in [3.8, 4) is 0 Å². The minimum absolute atomic E-state index is 1.14. The smallest absolute Gasteiger partial charge is 0.0214 e. The van der Waals surface area contributed by atoms with Crippen LogP contribution in [0.5, 0.6) is 0 Å². The Morgan fingerprint density at radius 3 is 1.62 bits per heavy atom. The van der Waals surface area contributed by atoms with Crippen LogP contribution in [0.4, 0.5) is 0 Å². The maximum atomic E-state index is 2.30. The average Bonchev–Trinajstić information content (AvgIpc) is 1.81. The van der Waals surface area contributed by atoms with Gasteiger partial charge < -0.3 is 0 Å². The van der Waals surface area contributed by atoms with Crippen molar-refractivity contribution in [2.24, 2.45) is 0 Å². The third-order valence-electron chi connectivity index (χ3n) is 0.485. The predicted octanol–water partition coefficient (Wildman–Crippen LogP) is 3.71. The van der Waals surface area contributed by atoms with E-state index in [-0.39, 0.29) is 0 Å². The zero-order chi connectivity index (χ0) is 6.24. The van der Waals surface area contributed by atoms with Crippen LogP contribution in [-0.2, 0) is 0 Å². The first-order valence-corrected chi connectivity index (χ1v) is 9.09. The summed E-state index contributed by atoms with van der Waals surface area (Å²) < 4.78 is 0. The van der Waals surface area contributed by atoms with Crippen LogP contribution in [0.25, 0.3) is 0 Å². The highest BCUT2D eigenvalue weighted by molar-refractivity contribution is 14.2. The SMILES string of the molecule is ISC/C=C\CSI. The van der Waals surface area contributed by atoms with Gasteiger partial charge in [0.1, 0.15) is 0 Å². The fourth-order valence-electron chi connectivity index (χ4n) is 0.209. The summed E-state index contributed by atoms with van der Waals surface area (Å²) in [5.74, 6) is 2.27. The van der Waals surface area contributed by atoms with Crippen LogP contribution in [0.1, 0.15) is 0 Å². The standard InChI is InChI=1S/C4H6I2S2/c5-7-3-1-2-4-8-6/h1-2H,3-4H2/b2-1-. The molecule has 0 heterocycles. The van der Waals surface area contributed by atoms with Crippen LogP contribution in [0.15, 0.2) is 12.2 Å². The van der Waals surface area contributed by atoms with Gasteiger partial charge in [0.15, 0.2) is 0 Å². The van der Waals surface area contributed by atoms with E-state index in [4.69, 9.17) is 0 Å². The second-order valence-electron chi connectivity index (χ2n) is 1.02. The van der Waals surface area contributed by atoms with Gasteiger partial charge in [0, 0.05) is 11.5 Å². The van der Waals surface area contributed by atoms with Crippen molar-refractivity contribution in [1.29, 1.82) is 0 Å². The van der Waals surface area contributed by atoms with Gasteiger partial charge >= 0.3 is 0 Å². The summed E-state index contributed by atoms with van der Waals surface area (Å²) in [7, 11) is 3.65. The number of hydrogen-bond donors (Lipinski definition) is 0. The first-order valence-electron chi connectivity index (χ1n) is 2.04. The van der Waals surface area contributed by atoms with Crippen LogP contribution in [-0.4, -0.2) is 11.5 Å². The summed E-state index contributed by atoms with van der Waals surface area (Å²) in [4.78, 5) is 0. The molecule has 0 atom stereocenters. The van der Waals surface area contributed by atoms with E-state index < -0.39 is 0 Å². The Morgan fingerprint density at radius 2 is 1.38 bits per heavy atom. The number of halogens is 2. The Morgan fingerprint density at radius 1 is 1.00 bits per heavy atom. The molecule has 0 radical (unpaired) electrons. The monoisotopic (exact) mass is 372 g/mol. The van der Waals surface area contributed by atoms with Crippen molar-refractivity contribution >= 4 is 60.3 Å². The Balaban J connectivity index is 2.83. The maximum absolute atomic E-state index is 2.30. The third-order valence-corrected chi connectivity index (χ3v) is 3.28. The summed E-state index contributed by atoms with van der Waals surface area (Å²) in [6.07, 6.45) is 4.39. The summed E-state index contributed by atoms with van der Waals surface area (Å²) in [5, 5.41) is 0. The van der Waals surface area contributed by atoms with E-state index in [1.54, 1.807) is 0 Å². The molecule has 0 unspecified atom stereocenters. The molecule has 0 bridgehead atoms. The zero-order valence-corrected chi connectivity index (χ0v) is 10.1. The van der Waals surface area contributed by atoms with Gasteiger partial charge in [0.05, 0.1) is 0 Å². The Hall–Kier alpha value is 1.90. The highest BCUT2D eigenvalue weighted by Gasteiger charge is 1.74. The molecule has 0 saturated heterocycles. The van der Waals surface area contributed by atoms with Gasteiger partial charge in [-0.15, -0.1) is 0 Å². The summed E-state index contributed by atoms with van der Waals surface area (Å²) >= 11 is 4.59. The van der Waals surface area contributed by atoms with E-state index >= 15 is 0 Å². The molecule has 8 heavy (non-hydrogen) atoms. The van der Waals surface area contributed by atoms with Crippen molar-refractivity contribution in [3.05, 3.63) is 12.2 Å². The van der Waals surface area contributed by atoms with Crippen LogP contribution in [0.3, 0.4) is 0 Å². The van der Waals surface area contributed by atoms with E-state index in [1.807, 2.05) is 17.9 Å². The lowest BCUT2D eigenvalue weighted by Crippen LogP contribution is -1.64. The molecule has 0 amide bonds. The van der Waals surface area contributed by atoms with Crippen LogP contribution >= 0.6 is 60.3 Å². The molecule has 0 spiro atoms. The molecular weight excluding hydrogens is 366 g/mol. The summed E-state index contributed by atoms with van der Waals surface area (Å²) in [6, 6.07) is 0. The molecule has 0 N–H and O–H groups in total. The molecule has 0 saturated carbocycles. The maximum Gasteiger partial charge on any atom is 0.0214 e. The highest BCUT2D eigenvalue weighted by atomic mass is 127.